The van der Waals surface area contributed by atoms with E-state index in [1.165, 1.54) is 30.3 Å². The molecule has 0 atom stereocenters. The maximum Gasteiger partial charge on any atom is 0.282 e. The second-order valence-electron chi connectivity index (χ2n) is 7.16. The molecule has 3 amide bonds. The summed E-state index contributed by atoms with van der Waals surface area (Å²) in [5.74, 6) is -4.07. The highest BCUT2D eigenvalue weighted by molar-refractivity contribution is 6.55. The van der Waals surface area contributed by atoms with E-state index in [1.54, 1.807) is 0 Å². The molecule has 3 aromatic carbocycles. The van der Waals surface area contributed by atoms with Gasteiger partial charge in [-0.25, -0.2) is 9.40 Å². The van der Waals surface area contributed by atoms with Crippen molar-refractivity contribution in [2.45, 2.75) is 6.54 Å². The smallest absolute Gasteiger partial charge is 0.267 e. The fourth-order valence-electron chi connectivity index (χ4n) is 3.53. The Kier molecular flexibility index (Phi) is 6.70. The second-order valence-corrected chi connectivity index (χ2v) is 8.67. The fourth-order valence-corrected chi connectivity index (χ4v) is 4.54. The number of para-hydroxylation sites is 1. The molecule has 0 unspecified atom stereocenters. The van der Waals surface area contributed by atoms with Crippen LogP contribution in [0.25, 0.3) is 0 Å². The number of nitro groups is 1. The molecule has 35 heavy (non-hydrogen) atoms. The lowest BCUT2D eigenvalue weighted by molar-refractivity contribution is -0.385. The van der Waals surface area contributed by atoms with Crippen molar-refractivity contribution in [3.05, 3.63) is 107 Å². The van der Waals surface area contributed by atoms with Gasteiger partial charge in [0.25, 0.3) is 23.4 Å². The van der Waals surface area contributed by atoms with Crippen LogP contribution in [0.1, 0.15) is 36.6 Å². The SMILES string of the molecule is O=C(c1ccccc1[N+](=O)[O-])N(Cc1ccccc1F)N1C(=O)c2c(Cl)c(Cl)c(Cl)c(Cl)c2C1=O. The molecule has 8 nitrogen and oxygen atoms in total. The number of nitro benzene ring substituents is 1. The molecule has 1 aliphatic heterocycles. The third kappa shape index (κ3) is 4.10. The van der Waals surface area contributed by atoms with E-state index in [9.17, 15) is 28.9 Å². The first-order chi connectivity index (χ1) is 16.6. The first kappa shape index (κ1) is 24.9. The van der Waals surface area contributed by atoms with Gasteiger partial charge in [0.2, 0.25) is 0 Å². The van der Waals surface area contributed by atoms with E-state index in [2.05, 4.69) is 0 Å². The van der Waals surface area contributed by atoms with Gasteiger partial charge in [0.05, 0.1) is 42.7 Å². The lowest BCUT2D eigenvalue weighted by Crippen LogP contribution is -2.49. The van der Waals surface area contributed by atoms with Crippen molar-refractivity contribution in [1.29, 1.82) is 0 Å². The summed E-state index contributed by atoms with van der Waals surface area (Å²) in [6.07, 6.45) is 0. The highest BCUT2D eigenvalue weighted by atomic mass is 35.5. The van der Waals surface area contributed by atoms with Crippen LogP contribution in [0.5, 0.6) is 0 Å². The average molecular weight is 557 g/mol. The van der Waals surface area contributed by atoms with Crippen LogP contribution in [0.4, 0.5) is 10.1 Å². The van der Waals surface area contributed by atoms with Gasteiger partial charge in [-0.15, -0.1) is 0 Å². The van der Waals surface area contributed by atoms with Crippen LogP contribution in [-0.4, -0.2) is 32.7 Å². The summed E-state index contributed by atoms with van der Waals surface area (Å²) in [6, 6.07) is 10.2. The highest BCUT2D eigenvalue weighted by Crippen LogP contribution is 2.45. The van der Waals surface area contributed by atoms with Crippen molar-refractivity contribution in [1.82, 2.24) is 10.0 Å². The molecular formula is C22H10Cl4FN3O5. The van der Waals surface area contributed by atoms with Crippen molar-refractivity contribution in [3.8, 4) is 0 Å². The third-order valence-corrected chi connectivity index (χ3v) is 6.97. The number of nitrogens with zero attached hydrogens (tertiary/aromatic N) is 3. The zero-order chi connectivity index (χ0) is 25.6. The molecule has 0 bridgehead atoms. The fraction of sp³-hybridized carbons (Fsp3) is 0.0455. The topological polar surface area (TPSA) is 101 Å². The van der Waals surface area contributed by atoms with E-state index >= 15 is 0 Å². The summed E-state index contributed by atoms with van der Waals surface area (Å²) in [7, 11) is 0. The van der Waals surface area contributed by atoms with E-state index in [0.717, 1.165) is 18.2 Å². The normalized spacial score (nSPS) is 12.7. The van der Waals surface area contributed by atoms with Crippen LogP contribution in [0, 0.1) is 15.9 Å². The van der Waals surface area contributed by atoms with Crippen LogP contribution >= 0.6 is 46.4 Å². The molecule has 0 fully saturated rings. The predicted octanol–water partition coefficient (Wildman–Crippen LogP) is 6.20. The summed E-state index contributed by atoms with van der Waals surface area (Å²) in [6.45, 7) is -0.639. The number of carbonyl (C=O) groups is 3. The Morgan fingerprint density at radius 2 is 1.40 bits per heavy atom. The maximum atomic E-state index is 14.5. The standard InChI is InChI=1S/C22H10Cl4FN3O5/c23-16-14-15(17(24)19(26)18(16)25)22(33)29(21(14)32)28(9-10-5-1-3-7-12(10)27)20(31)11-6-2-4-8-13(11)30(34)35/h1-8H,9H2. The van der Waals surface area contributed by atoms with Crippen LogP contribution in [0.3, 0.4) is 0 Å². The number of hydrogen-bond donors (Lipinski definition) is 0. The zero-order valence-electron chi connectivity index (χ0n) is 17.1. The summed E-state index contributed by atoms with van der Waals surface area (Å²) in [5.41, 5.74) is -1.94. The van der Waals surface area contributed by atoms with Gasteiger partial charge in [0.15, 0.2) is 0 Å². The summed E-state index contributed by atoms with van der Waals surface area (Å²) in [4.78, 5) is 51.0. The number of rotatable bonds is 5. The number of benzene rings is 3. The Balaban J connectivity index is 1.90. The Bertz CT molecular complexity index is 1400. The maximum absolute atomic E-state index is 14.5. The van der Waals surface area contributed by atoms with Crippen molar-refractivity contribution >= 4 is 69.8 Å². The molecule has 0 N–H and O–H groups in total. The largest absolute Gasteiger partial charge is 0.282 e. The Morgan fingerprint density at radius 3 is 1.94 bits per heavy atom. The quantitative estimate of drug-likeness (QED) is 0.122. The van der Waals surface area contributed by atoms with Gasteiger partial charge in [-0.1, -0.05) is 76.7 Å². The van der Waals surface area contributed by atoms with Crippen LogP contribution in [0.2, 0.25) is 20.1 Å². The summed E-state index contributed by atoms with van der Waals surface area (Å²) < 4.78 is 14.5. The number of amides is 3. The Labute approximate surface area is 216 Å². The molecule has 3 aromatic rings. The Hall–Kier alpha value is -3.24. The van der Waals surface area contributed by atoms with Gasteiger partial charge in [-0.2, -0.15) is 5.01 Å². The number of hydrogen-bond acceptors (Lipinski definition) is 5. The Morgan fingerprint density at radius 1 is 0.886 bits per heavy atom. The van der Waals surface area contributed by atoms with Gasteiger partial charge in [0.1, 0.15) is 11.4 Å². The van der Waals surface area contributed by atoms with Gasteiger partial charge in [-0.05, 0) is 12.1 Å². The molecule has 1 aliphatic rings. The summed E-state index contributed by atoms with van der Waals surface area (Å²) >= 11 is 24.4. The minimum absolute atomic E-state index is 0.0794. The molecule has 1 heterocycles. The lowest BCUT2D eigenvalue weighted by atomic mass is 10.1. The number of halogens is 5. The minimum atomic E-state index is -1.13. The van der Waals surface area contributed by atoms with Crippen LogP contribution < -0.4 is 0 Å². The van der Waals surface area contributed by atoms with E-state index in [-0.39, 0.29) is 25.7 Å². The average Bonchev–Trinajstić information content (AvgIpc) is 3.10. The van der Waals surface area contributed by atoms with E-state index in [0.29, 0.717) is 10.0 Å². The van der Waals surface area contributed by atoms with E-state index in [1.807, 2.05) is 0 Å². The first-order valence-electron chi connectivity index (χ1n) is 9.59. The van der Waals surface area contributed by atoms with Crippen molar-refractivity contribution < 1.29 is 23.7 Å². The first-order valence-corrected chi connectivity index (χ1v) is 11.1. The van der Waals surface area contributed by atoms with E-state index < -0.39 is 57.4 Å². The van der Waals surface area contributed by atoms with Crippen LogP contribution in [0.15, 0.2) is 48.5 Å². The molecule has 0 aliphatic carbocycles. The lowest BCUT2D eigenvalue weighted by Gasteiger charge is -2.30. The van der Waals surface area contributed by atoms with Gasteiger partial charge >= 0.3 is 0 Å². The molecular weight excluding hydrogens is 547 g/mol. The van der Waals surface area contributed by atoms with Gasteiger partial charge < -0.3 is 0 Å². The minimum Gasteiger partial charge on any atom is -0.267 e. The predicted molar refractivity (Wildman–Crippen MR) is 126 cm³/mol. The van der Waals surface area contributed by atoms with E-state index in [4.69, 9.17) is 46.4 Å². The van der Waals surface area contributed by atoms with Gasteiger partial charge in [0, 0.05) is 11.6 Å². The van der Waals surface area contributed by atoms with Gasteiger partial charge in [-0.3, -0.25) is 24.5 Å². The zero-order valence-corrected chi connectivity index (χ0v) is 20.1. The molecule has 178 valence electrons. The van der Waals surface area contributed by atoms with Crippen molar-refractivity contribution in [3.63, 3.8) is 0 Å². The molecule has 0 spiro atoms. The number of carbonyl (C=O) groups excluding carboxylic acids is 3. The third-order valence-electron chi connectivity index (χ3n) is 5.16. The molecule has 0 radical (unpaired) electrons. The van der Waals surface area contributed by atoms with Crippen molar-refractivity contribution in [2.24, 2.45) is 0 Å². The molecule has 4 rings (SSSR count). The molecule has 13 heteroatoms. The van der Waals surface area contributed by atoms with Crippen LogP contribution in [-0.2, 0) is 6.54 Å². The highest BCUT2D eigenvalue weighted by Gasteiger charge is 2.46. The summed E-state index contributed by atoms with van der Waals surface area (Å²) in [5, 5.41) is 11.2. The number of imide groups is 1. The van der Waals surface area contributed by atoms with Crippen molar-refractivity contribution in [2.75, 3.05) is 0 Å². The number of hydrazine groups is 1. The molecule has 0 saturated carbocycles. The second kappa shape index (κ2) is 9.43. The number of fused-ring (bicyclic) bond motifs is 1. The molecule has 0 saturated heterocycles. The monoisotopic (exact) mass is 555 g/mol. The molecule has 0 aromatic heterocycles.